The zero-order valence-electron chi connectivity index (χ0n) is 19.1. The molecule has 4 heterocycles. The third kappa shape index (κ3) is 5.06. The Balaban J connectivity index is 1.16. The summed E-state index contributed by atoms with van der Waals surface area (Å²) in [5.74, 6) is 0.977. The second-order valence-electron chi connectivity index (χ2n) is 8.62. The van der Waals surface area contributed by atoms with Crippen LogP contribution >= 0.6 is 0 Å². The fraction of sp³-hybridized carbons (Fsp3) is 0.435. The number of carbonyl (C=O) groups is 1. The molecule has 0 spiro atoms. The fourth-order valence-corrected chi connectivity index (χ4v) is 4.01. The number of alkyl halides is 2. The number of ether oxygens (including phenoxy) is 2. The molecule has 184 valence electrons. The second kappa shape index (κ2) is 9.90. The lowest BCUT2D eigenvalue weighted by Gasteiger charge is -2.39. The highest BCUT2D eigenvalue weighted by molar-refractivity contribution is 5.82. The van der Waals surface area contributed by atoms with Gasteiger partial charge in [-0.15, -0.1) is 15.3 Å². The van der Waals surface area contributed by atoms with Crippen molar-refractivity contribution >= 4 is 11.7 Å². The maximum absolute atomic E-state index is 12.8. The Morgan fingerprint density at radius 3 is 2.63 bits per heavy atom. The van der Waals surface area contributed by atoms with Crippen molar-refractivity contribution in [1.82, 2.24) is 30.5 Å². The Morgan fingerprint density at radius 2 is 1.97 bits per heavy atom. The molecule has 2 aliphatic heterocycles. The number of anilines is 1. The van der Waals surface area contributed by atoms with Gasteiger partial charge < -0.3 is 19.7 Å². The Morgan fingerprint density at radius 1 is 1.17 bits per heavy atom. The van der Waals surface area contributed by atoms with Gasteiger partial charge in [-0.25, -0.2) is 13.5 Å². The van der Waals surface area contributed by atoms with E-state index in [1.165, 1.54) is 12.1 Å². The zero-order valence-corrected chi connectivity index (χ0v) is 19.1. The van der Waals surface area contributed by atoms with Crippen molar-refractivity contribution in [3.63, 3.8) is 0 Å². The molecule has 1 unspecified atom stereocenters. The Labute approximate surface area is 200 Å². The highest BCUT2D eigenvalue weighted by atomic mass is 19.3. The van der Waals surface area contributed by atoms with Gasteiger partial charge in [-0.3, -0.25) is 4.79 Å². The second-order valence-corrected chi connectivity index (χ2v) is 8.62. The Bertz CT molecular complexity index is 1160. The van der Waals surface area contributed by atoms with E-state index in [4.69, 9.17) is 9.47 Å². The zero-order chi connectivity index (χ0) is 24.4. The average molecular weight is 485 g/mol. The number of aryl methyl sites for hydroxylation is 1. The van der Waals surface area contributed by atoms with Gasteiger partial charge in [-0.2, -0.15) is 0 Å². The maximum Gasteiger partial charge on any atom is 0.263 e. The monoisotopic (exact) mass is 485 g/mol. The first-order valence-electron chi connectivity index (χ1n) is 11.4. The first-order chi connectivity index (χ1) is 17.0. The van der Waals surface area contributed by atoms with Crippen molar-refractivity contribution in [2.24, 2.45) is 5.92 Å². The molecule has 1 atom stereocenters. The van der Waals surface area contributed by atoms with Gasteiger partial charge in [0.25, 0.3) is 6.43 Å². The van der Waals surface area contributed by atoms with Gasteiger partial charge >= 0.3 is 0 Å². The van der Waals surface area contributed by atoms with Crippen LogP contribution in [0.25, 0.3) is 5.69 Å². The molecule has 1 amide bonds. The normalized spacial score (nSPS) is 18.1. The molecule has 10 nitrogen and oxygen atoms in total. The lowest BCUT2D eigenvalue weighted by molar-refractivity contribution is -0.126. The minimum atomic E-state index is -2.53. The van der Waals surface area contributed by atoms with Gasteiger partial charge in [0.2, 0.25) is 11.8 Å². The molecule has 3 aromatic rings. The molecule has 2 fully saturated rings. The highest BCUT2D eigenvalue weighted by Crippen LogP contribution is 2.25. The Hall–Kier alpha value is -3.67. The SMILES string of the molecule is Cc1nnn(-c2ccc(C(F)F)cc2)c1COc1ccc(N2CC(C(=O)NC3CCOC3)C2)nn1. The summed E-state index contributed by atoms with van der Waals surface area (Å²) in [6.07, 6.45) is -1.67. The number of rotatable bonds is 8. The van der Waals surface area contributed by atoms with Crippen LogP contribution < -0.4 is 15.0 Å². The highest BCUT2D eigenvalue weighted by Gasteiger charge is 2.35. The van der Waals surface area contributed by atoms with Crippen molar-refractivity contribution in [2.45, 2.75) is 32.4 Å². The first kappa shape index (κ1) is 23.1. The van der Waals surface area contributed by atoms with Gasteiger partial charge in [0.05, 0.1) is 29.9 Å². The van der Waals surface area contributed by atoms with Crippen LogP contribution in [0, 0.1) is 12.8 Å². The molecule has 1 N–H and O–H groups in total. The lowest BCUT2D eigenvalue weighted by atomic mass is 9.98. The molecule has 1 aromatic carbocycles. The number of halogens is 2. The van der Waals surface area contributed by atoms with E-state index in [0.29, 0.717) is 55.1 Å². The summed E-state index contributed by atoms with van der Waals surface area (Å²) >= 11 is 0. The van der Waals surface area contributed by atoms with Crippen molar-refractivity contribution < 1.29 is 23.0 Å². The largest absolute Gasteiger partial charge is 0.470 e. The van der Waals surface area contributed by atoms with Crippen molar-refractivity contribution in [2.75, 3.05) is 31.2 Å². The summed E-state index contributed by atoms with van der Waals surface area (Å²) in [6, 6.07) is 9.48. The standard InChI is InChI=1S/C23H25F2N7O3/c1-14-19(32(30-27-14)18-4-2-15(3-5-18)22(24)25)13-35-21-7-6-20(28-29-21)31-10-16(11-31)23(33)26-17-8-9-34-12-17/h2-7,16-17,22H,8-13H2,1H3,(H,26,33). The number of amides is 1. The van der Waals surface area contributed by atoms with Gasteiger partial charge in [-0.1, -0.05) is 17.3 Å². The smallest absolute Gasteiger partial charge is 0.263 e. The molecule has 2 aliphatic rings. The van der Waals surface area contributed by atoms with Crippen LogP contribution in [0.4, 0.5) is 14.6 Å². The van der Waals surface area contributed by atoms with Crippen LogP contribution in [0.2, 0.25) is 0 Å². The number of hydrogen-bond acceptors (Lipinski definition) is 8. The van der Waals surface area contributed by atoms with E-state index in [1.54, 1.807) is 35.9 Å². The number of hydrogen-bond donors (Lipinski definition) is 1. The number of carbonyl (C=O) groups excluding carboxylic acids is 1. The summed E-state index contributed by atoms with van der Waals surface area (Å²) < 4.78 is 38.3. The molecule has 0 saturated carbocycles. The third-order valence-electron chi connectivity index (χ3n) is 6.18. The topological polar surface area (TPSA) is 107 Å². The number of nitrogens with zero attached hydrogens (tertiary/aromatic N) is 6. The number of nitrogens with one attached hydrogen (secondary N) is 1. The molecule has 0 aliphatic carbocycles. The number of aromatic nitrogens is 5. The Kier molecular flexibility index (Phi) is 6.53. The predicted octanol–water partition coefficient (Wildman–Crippen LogP) is 2.22. The summed E-state index contributed by atoms with van der Waals surface area (Å²) in [5, 5.41) is 19.6. The average Bonchev–Trinajstić information content (AvgIpc) is 3.47. The molecule has 12 heteroatoms. The van der Waals surface area contributed by atoms with Crippen molar-refractivity contribution in [3.05, 3.63) is 53.3 Å². The van der Waals surface area contributed by atoms with E-state index in [2.05, 4.69) is 25.8 Å². The van der Waals surface area contributed by atoms with Crippen molar-refractivity contribution in [3.8, 4) is 11.6 Å². The quantitative estimate of drug-likeness (QED) is 0.518. The molecule has 2 saturated heterocycles. The van der Waals surface area contributed by atoms with E-state index in [0.717, 1.165) is 6.42 Å². The lowest BCUT2D eigenvalue weighted by Crippen LogP contribution is -2.55. The van der Waals surface area contributed by atoms with Gasteiger partial charge in [0.15, 0.2) is 5.82 Å². The molecule has 5 rings (SSSR count). The summed E-state index contributed by atoms with van der Waals surface area (Å²) in [5.41, 5.74) is 1.87. The minimum Gasteiger partial charge on any atom is -0.470 e. The maximum atomic E-state index is 12.8. The summed E-state index contributed by atoms with van der Waals surface area (Å²) in [6.45, 7) is 4.36. The van der Waals surface area contributed by atoms with Crippen LogP contribution in [0.15, 0.2) is 36.4 Å². The third-order valence-corrected chi connectivity index (χ3v) is 6.18. The molecular formula is C23H25F2N7O3. The molecule has 0 radical (unpaired) electrons. The van der Waals surface area contributed by atoms with E-state index in [-0.39, 0.29) is 30.0 Å². The van der Waals surface area contributed by atoms with Crippen molar-refractivity contribution in [1.29, 1.82) is 0 Å². The molecule has 0 bridgehead atoms. The predicted molar refractivity (Wildman–Crippen MR) is 120 cm³/mol. The van der Waals surface area contributed by atoms with Crippen LogP contribution in [-0.2, 0) is 16.1 Å². The van der Waals surface area contributed by atoms with E-state index < -0.39 is 6.43 Å². The van der Waals surface area contributed by atoms with E-state index in [9.17, 15) is 13.6 Å². The summed E-state index contributed by atoms with van der Waals surface area (Å²) in [4.78, 5) is 14.3. The molecule has 2 aromatic heterocycles. The van der Waals surface area contributed by atoms with Gasteiger partial charge in [0.1, 0.15) is 12.3 Å². The molecular weight excluding hydrogens is 460 g/mol. The fourth-order valence-electron chi connectivity index (χ4n) is 4.01. The van der Waals surface area contributed by atoms with Crippen LogP contribution in [-0.4, -0.2) is 63.4 Å². The van der Waals surface area contributed by atoms with Crippen LogP contribution in [0.5, 0.6) is 5.88 Å². The van der Waals surface area contributed by atoms with Gasteiger partial charge in [-0.05, 0) is 31.5 Å². The minimum absolute atomic E-state index is 0.0501. The van der Waals surface area contributed by atoms with Crippen LogP contribution in [0.1, 0.15) is 29.8 Å². The summed E-state index contributed by atoms with van der Waals surface area (Å²) in [7, 11) is 0. The first-order valence-corrected chi connectivity index (χ1v) is 11.4. The number of benzene rings is 1. The van der Waals surface area contributed by atoms with E-state index >= 15 is 0 Å². The molecule has 35 heavy (non-hydrogen) atoms. The van der Waals surface area contributed by atoms with Gasteiger partial charge in [0, 0.05) is 31.3 Å². The van der Waals surface area contributed by atoms with Crippen LogP contribution in [0.3, 0.4) is 0 Å². The van der Waals surface area contributed by atoms with E-state index in [1.807, 2.05) is 4.90 Å².